The van der Waals surface area contributed by atoms with Crippen LogP contribution in [-0.2, 0) is 9.53 Å². The van der Waals surface area contributed by atoms with Crippen molar-refractivity contribution in [2.75, 3.05) is 19.8 Å². The van der Waals surface area contributed by atoms with Gasteiger partial charge >= 0.3 is 5.97 Å². The Hall–Kier alpha value is -0.610. The highest BCUT2D eigenvalue weighted by molar-refractivity contribution is 5.69. The van der Waals surface area contributed by atoms with E-state index in [9.17, 15) is 4.79 Å². The number of ether oxygens (including phenoxy) is 1. The largest absolute Gasteiger partial charge is 0.466 e. The molecule has 4 heteroatoms. The Morgan fingerprint density at radius 2 is 2.13 bits per heavy atom. The number of hydrogen-bond donors (Lipinski definition) is 2. The standard InChI is InChI=1S/C11H23NO3/c1-3-15-11(14)7-5-4-6-8-12-10(2)9-13/h10,12-13H,3-9H2,1-2H3. The van der Waals surface area contributed by atoms with Crippen LogP contribution >= 0.6 is 0 Å². The van der Waals surface area contributed by atoms with E-state index in [1.165, 1.54) is 0 Å². The second-order valence-corrected chi connectivity index (χ2v) is 3.65. The molecule has 1 atom stereocenters. The lowest BCUT2D eigenvalue weighted by atomic mass is 10.2. The summed E-state index contributed by atoms with van der Waals surface area (Å²) in [6.45, 7) is 5.29. The number of nitrogens with one attached hydrogen (secondary N) is 1. The van der Waals surface area contributed by atoms with E-state index in [0.29, 0.717) is 13.0 Å². The quantitative estimate of drug-likeness (QED) is 0.448. The van der Waals surface area contributed by atoms with E-state index in [1.54, 1.807) is 0 Å². The minimum absolute atomic E-state index is 0.103. The van der Waals surface area contributed by atoms with Crippen LogP contribution in [0.2, 0.25) is 0 Å². The highest BCUT2D eigenvalue weighted by atomic mass is 16.5. The van der Waals surface area contributed by atoms with E-state index in [2.05, 4.69) is 5.32 Å². The molecule has 0 aliphatic carbocycles. The molecule has 4 nitrogen and oxygen atoms in total. The molecule has 0 radical (unpaired) electrons. The Morgan fingerprint density at radius 1 is 1.40 bits per heavy atom. The van der Waals surface area contributed by atoms with Gasteiger partial charge in [0.25, 0.3) is 0 Å². The van der Waals surface area contributed by atoms with Crippen molar-refractivity contribution >= 4 is 5.97 Å². The van der Waals surface area contributed by atoms with Crippen molar-refractivity contribution in [2.45, 2.75) is 45.6 Å². The summed E-state index contributed by atoms with van der Waals surface area (Å²) in [5.74, 6) is -0.103. The van der Waals surface area contributed by atoms with Crippen molar-refractivity contribution in [1.29, 1.82) is 0 Å². The molecule has 0 saturated carbocycles. The maximum Gasteiger partial charge on any atom is 0.305 e. The number of aliphatic hydroxyl groups is 1. The molecule has 0 fully saturated rings. The molecule has 0 saturated heterocycles. The lowest BCUT2D eigenvalue weighted by Crippen LogP contribution is -2.29. The highest BCUT2D eigenvalue weighted by Gasteiger charge is 2.01. The predicted molar refractivity (Wildman–Crippen MR) is 59.7 cm³/mol. The van der Waals surface area contributed by atoms with Gasteiger partial charge in [-0.3, -0.25) is 4.79 Å². The van der Waals surface area contributed by atoms with Gasteiger partial charge in [-0.2, -0.15) is 0 Å². The number of carbonyl (C=O) groups excluding carboxylic acids is 1. The maximum atomic E-state index is 11.0. The van der Waals surface area contributed by atoms with Crippen LogP contribution in [0, 0.1) is 0 Å². The number of unbranched alkanes of at least 4 members (excludes halogenated alkanes) is 2. The molecule has 90 valence electrons. The Bertz CT molecular complexity index is 162. The molecule has 1 unspecified atom stereocenters. The Morgan fingerprint density at radius 3 is 2.73 bits per heavy atom. The molecular formula is C11H23NO3. The minimum atomic E-state index is -0.103. The number of carbonyl (C=O) groups is 1. The smallest absolute Gasteiger partial charge is 0.305 e. The molecule has 15 heavy (non-hydrogen) atoms. The van der Waals surface area contributed by atoms with Gasteiger partial charge in [0.05, 0.1) is 13.2 Å². The zero-order valence-corrected chi connectivity index (χ0v) is 9.79. The van der Waals surface area contributed by atoms with Gasteiger partial charge in [0, 0.05) is 12.5 Å². The van der Waals surface area contributed by atoms with E-state index in [4.69, 9.17) is 9.84 Å². The van der Waals surface area contributed by atoms with E-state index in [1.807, 2.05) is 13.8 Å². The van der Waals surface area contributed by atoms with Crippen molar-refractivity contribution in [2.24, 2.45) is 0 Å². The van der Waals surface area contributed by atoms with E-state index in [-0.39, 0.29) is 18.6 Å². The topological polar surface area (TPSA) is 58.6 Å². The first-order chi connectivity index (χ1) is 7.20. The maximum absolute atomic E-state index is 11.0. The van der Waals surface area contributed by atoms with Crippen molar-refractivity contribution in [3.8, 4) is 0 Å². The van der Waals surface area contributed by atoms with Crippen LogP contribution in [0.5, 0.6) is 0 Å². The fourth-order valence-electron chi connectivity index (χ4n) is 1.22. The average Bonchev–Trinajstić information content (AvgIpc) is 2.23. The molecule has 0 aliphatic rings. The van der Waals surface area contributed by atoms with Crippen molar-refractivity contribution in [3.63, 3.8) is 0 Å². The van der Waals surface area contributed by atoms with Gasteiger partial charge in [0.2, 0.25) is 0 Å². The van der Waals surface area contributed by atoms with Crippen LogP contribution in [0.3, 0.4) is 0 Å². The molecule has 0 aromatic carbocycles. The van der Waals surface area contributed by atoms with Gasteiger partial charge in [-0.15, -0.1) is 0 Å². The third-order valence-corrected chi connectivity index (χ3v) is 2.13. The van der Waals surface area contributed by atoms with Crippen LogP contribution in [-0.4, -0.2) is 36.9 Å². The second kappa shape index (κ2) is 9.93. The second-order valence-electron chi connectivity index (χ2n) is 3.65. The van der Waals surface area contributed by atoms with Crippen LogP contribution < -0.4 is 5.32 Å². The van der Waals surface area contributed by atoms with Crippen molar-refractivity contribution in [1.82, 2.24) is 5.32 Å². The van der Waals surface area contributed by atoms with E-state index in [0.717, 1.165) is 25.8 Å². The monoisotopic (exact) mass is 217 g/mol. The third kappa shape index (κ3) is 9.69. The van der Waals surface area contributed by atoms with Gasteiger partial charge in [-0.05, 0) is 33.2 Å². The lowest BCUT2D eigenvalue weighted by molar-refractivity contribution is -0.143. The summed E-state index contributed by atoms with van der Waals surface area (Å²) in [6.07, 6.45) is 3.45. The molecular weight excluding hydrogens is 194 g/mol. The molecule has 2 N–H and O–H groups in total. The molecule has 0 amide bonds. The zero-order chi connectivity index (χ0) is 11.5. The van der Waals surface area contributed by atoms with Gasteiger partial charge < -0.3 is 15.2 Å². The van der Waals surface area contributed by atoms with Crippen LogP contribution in [0.4, 0.5) is 0 Å². The molecule has 0 heterocycles. The first-order valence-electron chi connectivity index (χ1n) is 5.70. The summed E-state index contributed by atoms with van der Waals surface area (Å²) in [5.41, 5.74) is 0. The first kappa shape index (κ1) is 14.4. The van der Waals surface area contributed by atoms with E-state index < -0.39 is 0 Å². The number of aliphatic hydroxyl groups excluding tert-OH is 1. The van der Waals surface area contributed by atoms with E-state index >= 15 is 0 Å². The van der Waals surface area contributed by atoms with Crippen LogP contribution in [0.15, 0.2) is 0 Å². The fourth-order valence-corrected chi connectivity index (χ4v) is 1.22. The van der Waals surface area contributed by atoms with Gasteiger partial charge in [0.1, 0.15) is 0 Å². The summed E-state index contributed by atoms with van der Waals surface area (Å²) >= 11 is 0. The lowest BCUT2D eigenvalue weighted by Gasteiger charge is -2.09. The molecule has 0 rings (SSSR count). The zero-order valence-electron chi connectivity index (χ0n) is 9.79. The van der Waals surface area contributed by atoms with Gasteiger partial charge in [0.15, 0.2) is 0 Å². The highest BCUT2D eigenvalue weighted by Crippen LogP contribution is 2.00. The van der Waals surface area contributed by atoms with Crippen molar-refractivity contribution in [3.05, 3.63) is 0 Å². The van der Waals surface area contributed by atoms with Crippen molar-refractivity contribution < 1.29 is 14.6 Å². The molecule has 0 aliphatic heterocycles. The molecule has 0 bridgehead atoms. The minimum Gasteiger partial charge on any atom is -0.466 e. The summed E-state index contributed by atoms with van der Waals surface area (Å²) in [7, 11) is 0. The van der Waals surface area contributed by atoms with Crippen LogP contribution in [0.25, 0.3) is 0 Å². The van der Waals surface area contributed by atoms with Gasteiger partial charge in [-0.1, -0.05) is 6.42 Å². The van der Waals surface area contributed by atoms with Gasteiger partial charge in [-0.25, -0.2) is 0 Å². The number of esters is 1. The average molecular weight is 217 g/mol. The Kier molecular flexibility index (Phi) is 9.52. The number of hydrogen-bond acceptors (Lipinski definition) is 4. The summed E-state index contributed by atoms with van der Waals surface area (Å²) in [4.78, 5) is 11.0. The summed E-state index contributed by atoms with van der Waals surface area (Å²) in [6, 6.07) is 0.162. The SMILES string of the molecule is CCOC(=O)CCCCCNC(C)CO. The summed E-state index contributed by atoms with van der Waals surface area (Å²) in [5, 5.41) is 11.9. The predicted octanol–water partition coefficient (Wildman–Crippen LogP) is 1.08. The molecule has 0 aromatic rings. The first-order valence-corrected chi connectivity index (χ1v) is 5.70. The van der Waals surface area contributed by atoms with Crippen LogP contribution in [0.1, 0.15) is 39.5 Å². The fraction of sp³-hybridized carbons (Fsp3) is 0.909. The third-order valence-electron chi connectivity index (χ3n) is 2.13. The Balaban J connectivity index is 3.14. The molecule has 0 spiro atoms. The summed E-state index contributed by atoms with van der Waals surface area (Å²) < 4.78 is 4.82. The number of rotatable bonds is 9. The normalized spacial score (nSPS) is 12.5. The Labute approximate surface area is 92.0 Å². The molecule has 0 aromatic heterocycles.